The number of hydrogen-bond donors (Lipinski definition) is 2. The van der Waals surface area contributed by atoms with E-state index in [0.29, 0.717) is 4.88 Å². The molecule has 0 saturated carbocycles. The summed E-state index contributed by atoms with van der Waals surface area (Å²) >= 11 is 1.56. The van der Waals surface area contributed by atoms with Crippen molar-refractivity contribution >= 4 is 23.2 Å². The third kappa shape index (κ3) is 3.64. The number of carbonyl (C=O) groups excluding carboxylic acids is 1. The number of aliphatic carboxylic acids is 1. The number of aryl methyl sites for hydroxylation is 1. The molecule has 2 N–H and O–H groups in total. The molecule has 4 nitrogen and oxygen atoms in total. The van der Waals surface area contributed by atoms with Gasteiger partial charge in [-0.15, -0.1) is 11.3 Å². The maximum absolute atomic E-state index is 12.3. The summed E-state index contributed by atoms with van der Waals surface area (Å²) in [5, 5.41) is 11.8. The van der Waals surface area contributed by atoms with Gasteiger partial charge in [-0.3, -0.25) is 9.59 Å². The molecular weight excluding hydrogens is 286 g/mol. The van der Waals surface area contributed by atoms with E-state index in [4.69, 9.17) is 5.11 Å². The molecule has 1 amide bonds. The van der Waals surface area contributed by atoms with E-state index in [9.17, 15) is 9.59 Å². The van der Waals surface area contributed by atoms with Crippen molar-refractivity contribution in [2.24, 2.45) is 11.8 Å². The Morgan fingerprint density at radius 2 is 2.19 bits per heavy atom. The average Bonchev–Trinajstić information content (AvgIpc) is 2.88. The van der Waals surface area contributed by atoms with Crippen molar-refractivity contribution in [2.75, 3.05) is 0 Å². The number of hydrogen-bond acceptors (Lipinski definition) is 3. The van der Waals surface area contributed by atoms with Gasteiger partial charge in [0.1, 0.15) is 0 Å². The minimum atomic E-state index is -0.890. The molecule has 116 valence electrons. The molecule has 2 rings (SSSR count). The summed E-state index contributed by atoms with van der Waals surface area (Å²) in [5.74, 6) is -0.899. The summed E-state index contributed by atoms with van der Waals surface area (Å²) < 4.78 is 0. The van der Waals surface area contributed by atoms with Gasteiger partial charge in [-0.05, 0) is 50.7 Å². The Kier molecular flexibility index (Phi) is 5.04. The van der Waals surface area contributed by atoms with Gasteiger partial charge in [-0.25, -0.2) is 0 Å². The lowest BCUT2D eigenvalue weighted by atomic mass is 9.87. The normalized spacial score (nSPS) is 20.4. The summed E-state index contributed by atoms with van der Waals surface area (Å²) in [7, 11) is 0. The highest BCUT2D eigenvalue weighted by molar-refractivity contribution is 7.14. The van der Waals surface area contributed by atoms with Gasteiger partial charge in [0.05, 0.1) is 10.8 Å². The number of carboxylic acid groups (broad SMARTS) is 1. The molecule has 0 fully saturated rings. The van der Waals surface area contributed by atoms with Gasteiger partial charge in [0.15, 0.2) is 0 Å². The van der Waals surface area contributed by atoms with Gasteiger partial charge in [-0.2, -0.15) is 0 Å². The molecule has 0 spiro atoms. The highest BCUT2D eigenvalue weighted by Crippen LogP contribution is 2.33. The molecule has 5 heteroatoms. The van der Waals surface area contributed by atoms with Gasteiger partial charge < -0.3 is 10.4 Å². The van der Waals surface area contributed by atoms with Crippen LogP contribution in [0.5, 0.6) is 0 Å². The SMILES string of the molecule is CCC1CCc2sc(C(=O)NC(C)C(C)C(=O)O)cc2C1. The van der Waals surface area contributed by atoms with Crippen LogP contribution in [-0.2, 0) is 17.6 Å². The third-order valence-electron chi connectivity index (χ3n) is 4.48. The van der Waals surface area contributed by atoms with Gasteiger partial charge in [0, 0.05) is 10.9 Å². The molecule has 0 bridgehead atoms. The fourth-order valence-corrected chi connectivity index (χ4v) is 3.79. The van der Waals surface area contributed by atoms with E-state index in [0.717, 1.165) is 18.8 Å². The molecule has 1 aromatic rings. The monoisotopic (exact) mass is 309 g/mol. The molecule has 1 heterocycles. The smallest absolute Gasteiger partial charge is 0.308 e. The van der Waals surface area contributed by atoms with Crippen LogP contribution in [0.1, 0.15) is 53.7 Å². The first-order chi connectivity index (χ1) is 9.92. The lowest BCUT2D eigenvalue weighted by Crippen LogP contribution is -2.39. The van der Waals surface area contributed by atoms with Gasteiger partial charge in [-0.1, -0.05) is 13.3 Å². The van der Waals surface area contributed by atoms with E-state index in [2.05, 4.69) is 12.2 Å². The van der Waals surface area contributed by atoms with Crippen molar-refractivity contribution in [3.63, 3.8) is 0 Å². The molecule has 1 aromatic heterocycles. The summed E-state index contributed by atoms with van der Waals surface area (Å²) in [4.78, 5) is 25.2. The highest BCUT2D eigenvalue weighted by Gasteiger charge is 2.25. The van der Waals surface area contributed by atoms with Crippen LogP contribution < -0.4 is 5.32 Å². The molecule has 3 unspecified atom stereocenters. The van der Waals surface area contributed by atoms with Crippen molar-refractivity contribution in [3.05, 3.63) is 21.4 Å². The standard InChI is InChI=1S/C16H23NO3S/c1-4-11-5-6-13-12(7-11)8-14(21-13)15(18)17-10(3)9(2)16(19)20/h8-11H,4-7H2,1-3H3,(H,17,18)(H,19,20). The van der Waals surface area contributed by atoms with Crippen LogP contribution >= 0.6 is 11.3 Å². The molecule has 0 radical (unpaired) electrons. The van der Waals surface area contributed by atoms with Gasteiger partial charge in [0.25, 0.3) is 5.91 Å². The quantitative estimate of drug-likeness (QED) is 0.878. The highest BCUT2D eigenvalue weighted by atomic mass is 32.1. The van der Waals surface area contributed by atoms with Crippen LogP contribution in [0, 0.1) is 11.8 Å². The Hall–Kier alpha value is -1.36. The zero-order chi connectivity index (χ0) is 15.6. The molecule has 3 atom stereocenters. The second-order valence-corrected chi connectivity index (χ2v) is 7.10. The molecule has 1 aliphatic carbocycles. The summed E-state index contributed by atoms with van der Waals surface area (Å²) in [6, 6.07) is 1.62. The number of amides is 1. The fourth-order valence-electron chi connectivity index (χ4n) is 2.68. The zero-order valence-corrected chi connectivity index (χ0v) is 13.6. The first-order valence-corrected chi connectivity index (χ1v) is 8.39. The van der Waals surface area contributed by atoms with Crippen molar-refractivity contribution in [1.29, 1.82) is 0 Å². The first kappa shape index (κ1) is 16.0. The van der Waals surface area contributed by atoms with Crippen molar-refractivity contribution in [3.8, 4) is 0 Å². The molecular formula is C16H23NO3S. The van der Waals surface area contributed by atoms with E-state index in [-0.39, 0.29) is 11.9 Å². The van der Waals surface area contributed by atoms with E-state index in [1.165, 1.54) is 23.3 Å². The summed E-state index contributed by atoms with van der Waals surface area (Å²) in [6.45, 7) is 5.56. The minimum absolute atomic E-state index is 0.150. The number of rotatable bonds is 5. The van der Waals surface area contributed by atoms with E-state index in [1.54, 1.807) is 25.2 Å². The number of nitrogens with one attached hydrogen (secondary N) is 1. The maximum Gasteiger partial charge on any atom is 0.308 e. The topological polar surface area (TPSA) is 66.4 Å². The second kappa shape index (κ2) is 6.60. The molecule has 21 heavy (non-hydrogen) atoms. The lowest BCUT2D eigenvalue weighted by molar-refractivity contribution is -0.141. The summed E-state index contributed by atoms with van der Waals surface area (Å²) in [5.41, 5.74) is 1.31. The summed E-state index contributed by atoms with van der Waals surface area (Å²) in [6.07, 6.45) is 4.52. The van der Waals surface area contributed by atoms with E-state index >= 15 is 0 Å². The Bertz CT molecular complexity index is 538. The molecule has 0 aliphatic heterocycles. The van der Waals surface area contributed by atoms with Crippen LogP contribution in [0.2, 0.25) is 0 Å². The predicted octanol–water partition coefficient (Wildman–Crippen LogP) is 3.10. The van der Waals surface area contributed by atoms with Gasteiger partial charge >= 0.3 is 5.97 Å². The van der Waals surface area contributed by atoms with Crippen LogP contribution in [0.15, 0.2) is 6.07 Å². The average molecular weight is 309 g/mol. The number of fused-ring (bicyclic) bond motifs is 1. The third-order valence-corrected chi connectivity index (χ3v) is 5.72. The van der Waals surface area contributed by atoms with Crippen molar-refractivity contribution < 1.29 is 14.7 Å². The van der Waals surface area contributed by atoms with Crippen molar-refractivity contribution in [1.82, 2.24) is 5.32 Å². The molecule has 1 aliphatic rings. The van der Waals surface area contributed by atoms with Crippen LogP contribution in [0.25, 0.3) is 0 Å². The Morgan fingerprint density at radius 1 is 1.48 bits per heavy atom. The zero-order valence-electron chi connectivity index (χ0n) is 12.8. The lowest BCUT2D eigenvalue weighted by Gasteiger charge is -2.19. The maximum atomic E-state index is 12.3. The minimum Gasteiger partial charge on any atom is -0.481 e. The second-order valence-electron chi connectivity index (χ2n) is 5.97. The Morgan fingerprint density at radius 3 is 2.81 bits per heavy atom. The molecule has 0 saturated heterocycles. The Balaban J connectivity index is 2.04. The fraction of sp³-hybridized carbons (Fsp3) is 0.625. The number of carbonyl (C=O) groups is 2. The number of carboxylic acids is 1. The first-order valence-electron chi connectivity index (χ1n) is 7.57. The predicted molar refractivity (Wildman–Crippen MR) is 83.9 cm³/mol. The van der Waals surface area contributed by atoms with E-state index in [1.807, 2.05) is 6.07 Å². The number of thiophene rings is 1. The molecule has 0 aromatic carbocycles. The largest absolute Gasteiger partial charge is 0.481 e. The van der Waals surface area contributed by atoms with E-state index < -0.39 is 11.9 Å². The van der Waals surface area contributed by atoms with Gasteiger partial charge in [0.2, 0.25) is 0 Å². The van der Waals surface area contributed by atoms with Crippen molar-refractivity contribution in [2.45, 2.75) is 52.5 Å². The van der Waals surface area contributed by atoms with Crippen LogP contribution in [-0.4, -0.2) is 23.0 Å². The van der Waals surface area contributed by atoms with Crippen LogP contribution in [0.3, 0.4) is 0 Å². The van der Waals surface area contributed by atoms with Crippen LogP contribution in [0.4, 0.5) is 0 Å². The Labute approximate surface area is 129 Å².